The summed E-state index contributed by atoms with van der Waals surface area (Å²) in [6, 6.07) is 12.2. The van der Waals surface area contributed by atoms with Crippen LogP contribution in [0.1, 0.15) is 69.8 Å². The van der Waals surface area contributed by atoms with Crippen LogP contribution in [0, 0.1) is 5.41 Å². The molecule has 208 valence electrons. The van der Waals surface area contributed by atoms with Crippen LogP contribution in [0.5, 0.6) is 17.2 Å². The van der Waals surface area contributed by atoms with Crippen molar-refractivity contribution >= 4 is 17.7 Å². The minimum absolute atomic E-state index is 0.000201. The van der Waals surface area contributed by atoms with Gasteiger partial charge in [0, 0.05) is 23.7 Å². The number of nitrogens with one attached hydrogen (secondary N) is 1. The number of ether oxygens (including phenoxy) is 4. The number of carbonyl (C=O) groups excluding carboxylic acids is 2. The van der Waals surface area contributed by atoms with Crippen molar-refractivity contribution in [3.05, 3.63) is 53.6 Å². The Labute approximate surface area is 225 Å². The fourth-order valence-electron chi connectivity index (χ4n) is 3.92. The van der Waals surface area contributed by atoms with Gasteiger partial charge < -0.3 is 29.6 Å². The Bertz CT molecular complexity index is 1040. The van der Waals surface area contributed by atoms with Gasteiger partial charge in [0.1, 0.15) is 23.1 Å². The Morgan fingerprint density at radius 1 is 0.868 bits per heavy atom. The standard InChI is InChI=1S/C29H41N3O6/c1-6-35-27(33)19-38-26-18-24(14-15-25(26)29(34)32(20(2)3)21(4)5)37-17-9-7-8-16-36-23-12-10-22(11-13-23)28(30)31/h10-15,18,20-21H,6-9,16-17,19H2,1-5H3,(H3,30,31). The molecule has 9 heteroatoms. The average Bonchev–Trinajstić information content (AvgIpc) is 2.87. The van der Waals surface area contributed by atoms with Crippen molar-refractivity contribution in [1.82, 2.24) is 4.90 Å². The van der Waals surface area contributed by atoms with Crippen molar-refractivity contribution in [2.45, 2.75) is 66.0 Å². The largest absolute Gasteiger partial charge is 0.494 e. The van der Waals surface area contributed by atoms with Crippen molar-refractivity contribution in [2.24, 2.45) is 5.73 Å². The molecule has 0 aliphatic carbocycles. The van der Waals surface area contributed by atoms with E-state index in [-0.39, 0.29) is 42.8 Å². The summed E-state index contributed by atoms with van der Waals surface area (Å²) in [5.74, 6) is 0.947. The van der Waals surface area contributed by atoms with Crippen LogP contribution in [0.3, 0.4) is 0 Å². The molecule has 2 aromatic rings. The molecule has 0 atom stereocenters. The molecule has 0 spiro atoms. The van der Waals surface area contributed by atoms with Gasteiger partial charge in [0.2, 0.25) is 0 Å². The molecule has 0 bridgehead atoms. The zero-order valence-electron chi connectivity index (χ0n) is 23.1. The molecule has 2 rings (SSSR count). The zero-order chi connectivity index (χ0) is 28.1. The van der Waals surface area contributed by atoms with E-state index < -0.39 is 5.97 Å². The molecule has 0 aliphatic rings. The second kappa shape index (κ2) is 15.5. The normalized spacial score (nSPS) is 10.8. The molecular formula is C29H41N3O6. The summed E-state index contributed by atoms with van der Waals surface area (Å²) >= 11 is 0. The van der Waals surface area contributed by atoms with Gasteiger partial charge in [-0.3, -0.25) is 10.2 Å². The predicted octanol–water partition coefficient (Wildman–Crippen LogP) is 4.80. The quantitative estimate of drug-likeness (QED) is 0.139. The molecule has 0 fully saturated rings. The second-order valence-corrected chi connectivity index (χ2v) is 9.35. The van der Waals surface area contributed by atoms with Gasteiger partial charge >= 0.3 is 5.97 Å². The predicted molar refractivity (Wildman–Crippen MR) is 147 cm³/mol. The third kappa shape index (κ3) is 9.61. The van der Waals surface area contributed by atoms with Gasteiger partial charge in [0.05, 0.1) is 25.4 Å². The lowest BCUT2D eigenvalue weighted by Crippen LogP contribution is -2.42. The second-order valence-electron chi connectivity index (χ2n) is 9.35. The van der Waals surface area contributed by atoms with Crippen LogP contribution in [0.4, 0.5) is 0 Å². The summed E-state index contributed by atoms with van der Waals surface area (Å²) in [6.45, 7) is 10.6. The highest BCUT2D eigenvalue weighted by Gasteiger charge is 2.25. The lowest BCUT2D eigenvalue weighted by atomic mass is 10.1. The van der Waals surface area contributed by atoms with E-state index in [1.165, 1.54) is 0 Å². The molecule has 0 radical (unpaired) electrons. The van der Waals surface area contributed by atoms with E-state index in [4.69, 9.17) is 30.1 Å². The van der Waals surface area contributed by atoms with Gasteiger partial charge in [0.25, 0.3) is 5.91 Å². The van der Waals surface area contributed by atoms with Gasteiger partial charge in [-0.15, -0.1) is 0 Å². The first kappa shape index (κ1) is 30.5. The van der Waals surface area contributed by atoms with Crippen LogP contribution in [0.2, 0.25) is 0 Å². The maximum absolute atomic E-state index is 13.3. The highest BCUT2D eigenvalue weighted by Crippen LogP contribution is 2.28. The number of nitrogens with two attached hydrogens (primary N) is 1. The molecule has 0 aromatic heterocycles. The Balaban J connectivity index is 1.92. The minimum atomic E-state index is -0.501. The molecule has 2 aromatic carbocycles. The fourth-order valence-corrected chi connectivity index (χ4v) is 3.92. The number of esters is 1. The van der Waals surface area contributed by atoms with Crippen LogP contribution in [-0.2, 0) is 9.53 Å². The van der Waals surface area contributed by atoms with Crippen molar-refractivity contribution in [1.29, 1.82) is 5.41 Å². The number of amidine groups is 1. The molecule has 0 heterocycles. The number of hydrogen-bond acceptors (Lipinski definition) is 7. The monoisotopic (exact) mass is 527 g/mol. The number of unbranched alkanes of at least 4 members (excludes halogenated alkanes) is 2. The Morgan fingerprint density at radius 2 is 1.45 bits per heavy atom. The van der Waals surface area contributed by atoms with E-state index in [1.807, 2.05) is 27.7 Å². The van der Waals surface area contributed by atoms with E-state index >= 15 is 0 Å². The number of nitrogens with zero attached hydrogens (tertiary/aromatic N) is 1. The summed E-state index contributed by atoms with van der Waals surface area (Å²) < 4.78 is 22.3. The van der Waals surface area contributed by atoms with Crippen LogP contribution in [0.25, 0.3) is 0 Å². The molecule has 38 heavy (non-hydrogen) atoms. The van der Waals surface area contributed by atoms with Crippen LogP contribution >= 0.6 is 0 Å². The highest BCUT2D eigenvalue weighted by molar-refractivity contribution is 5.97. The molecule has 0 aliphatic heterocycles. The Morgan fingerprint density at radius 3 is 2.00 bits per heavy atom. The third-order valence-corrected chi connectivity index (χ3v) is 5.67. The van der Waals surface area contributed by atoms with Gasteiger partial charge in [-0.1, -0.05) is 0 Å². The van der Waals surface area contributed by atoms with Crippen molar-refractivity contribution < 1.29 is 28.5 Å². The van der Waals surface area contributed by atoms with E-state index in [0.717, 1.165) is 25.0 Å². The Hall–Kier alpha value is -3.75. The summed E-state index contributed by atoms with van der Waals surface area (Å²) in [7, 11) is 0. The third-order valence-electron chi connectivity index (χ3n) is 5.67. The number of amides is 1. The number of benzene rings is 2. The summed E-state index contributed by atoms with van der Waals surface area (Å²) in [6.07, 6.45) is 2.59. The minimum Gasteiger partial charge on any atom is -0.494 e. The van der Waals surface area contributed by atoms with Crippen molar-refractivity contribution in [3.8, 4) is 17.2 Å². The molecule has 3 N–H and O–H groups in total. The molecule has 9 nitrogen and oxygen atoms in total. The first-order valence-electron chi connectivity index (χ1n) is 13.1. The number of nitrogen functional groups attached to an aromatic ring is 1. The molecule has 1 amide bonds. The highest BCUT2D eigenvalue weighted by atomic mass is 16.6. The lowest BCUT2D eigenvalue weighted by molar-refractivity contribution is -0.145. The lowest BCUT2D eigenvalue weighted by Gasteiger charge is -2.31. The number of rotatable bonds is 16. The van der Waals surface area contributed by atoms with Gasteiger partial charge in [0.15, 0.2) is 6.61 Å². The summed E-state index contributed by atoms with van der Waals surface area (Å²) in [5, 5.41) is 7.42. The average molecular weight is 528 g/mol. The molecule has 0 saturated carbocycles. The first-order valence-corrected chi connectivity index (χ1v) is 13.1. The van der Waals surface area contributed by atoms with Gasteiger partial charge in [-0.2, -0.15) is 0 Å². The van der Waals surface area contributed by atoms with Crippen LogP contribution in [-0.4, -0.2) is 61.1 Å². The van der Waals surface area contributed by atoms with Crippen LogP contribution in [0.15, 0.2) is 42.5 Å². The van der Waals surface area contributed by atoms with Gasteiger partial charge in [-0.25, -0.2) is 4.79 Å². The van der Waals surface area contributed by atoms with E-state index in [0.29, 0.717) is 30.1 Å². The molecule has 0 saturated heterocycles. The maximum atomic E-state index is 13.3. The SMILES string of the molecule is CCOC(=O)COc1cc(OCCCCCOc2ccc(C(=N)N)cc2)ccc1C(=O)N(C(C)C)C(C)C. The summed E-state index contributed by atoms with van der Waals surface area (Å²) in [5.41, 5.74) is 6.50. The Kier molecular flexibility index (Phi) is 12.4. The van der Waals surface area contributed by atoms with E-state index in [2.05, 4.69) is 0 Å². The maximum Gasteiger partial charge on any atom is 0.344 e. The smallest absolute Gasteiger partial charge is 0.344 e. The first-order chi connectivity index (χ1) is 18.1. The van der Waals surface area contributed by atoms with Crippen molar-refractivity contribution in [2.75, 3.05) is 26.4 Å². The van der Waals surface area contributed by atoms with Crippen LogP contribution < -0.4 is 19.9 Å². The topological polar surface area (TPSA) is 124 Å². The number of hydrogen-bond donors (Lipinski definition) is 2. The van der Waals surface area contributed by atoms with Gasteiger partial charge in [-0.05, 0) is 90.3 Å². The summed E-state index contributed by atoms with van der Waals surface area (Å²) in [4.78, 5) is 26.9. The fraction of sp³-hybridized carbons (Fsp3) is 0.483. The van der Waals surface area contributed by atoms with E-state index in [1.54, 1.807) is 54.3 Å². The number of carbonyl (C=O) groups is 2. The van der Waals surface area contributed by atoms with E-state index in [9.17, 15) is 9.59 Å². The molecule has 0 unspecified atom stereocenters. The molecular weight excluding hydrogens is 486 g/mol. The van der Waals surface area contributed by atoms with Crippen molar-refractivity contribution in [3.63, 3.8) is 0 Å². The zero-order valence-corrected chi connectivity index (χ0v) is 23.1.